The van der Waals surface area contributed by atoms with Gasteiger partial charge in [-0.05, 0) is 32.2 Å². The van der Waals surface area contributed by atoms with Gasteiger partial charge in [-0.15, -0.1) is 0 Å². The van der Waals surface area contributed by atoms with Crippen molar-refractivity contribution in [3.8, 4) is 0 Å². The number of aliphatic carboxylic acids is 1. The van der Waals surface area contributed by atoms with Gasteiger partial charge in [0.05, 0.1) is 12.6 Å². The summed E-state index contributed by atoms with van der Waals surface area (Å²) in [5.74, 6) is -3.06. The number of β-lactam (4-membered cyclic amide) rings is 1. The molecule has 2 aliphatic rings. The van der Waals surface area contributed by atoms with Crippen LogP contribution in [-0.4, -0.2) is 58.4 Å². The fraction of sp³-hybridized carbons (Fsp3) is 0.450. The Morgan fingerprint density at radius 2 is 2.03 bits per heavy atom. The van der Waals surface area contributed by atoms with Gasteiger partial charge in [0.2, 0.25) is 0 Å². The molecule has 0 spiro atoms. The van der Waals surface area contributed by atoms with E-state index in [1.165, 1.54) is 13.0 Å². The first-order valence-electron chi connectivity index (χ1n) is 9.05. The predicted molar refractivity (Wildman–Crippen MR) is 98.3 cm³/mol. The molecule has 150 valence electrons. The van der Waals surface area contributed by atoms with E-state index in [0.717, 1.165) is 10.5 Å². The van der Waals surface area contributed by atoms with E-state index in [-0.39, 0.29) is 70.1 Å². The molecule has 2 fully saturated rings. The van der Waals surface area contributed by atoms with Crippen LogP contribution in [-0.2, 0) is 25.5 Å². The van der Waals surface area contributed by atoms with E-state index >= 15 is 0 Å². The average molecular weight is 427 g/mol. The number of rotatable bonds is 6. The number of ether oxygens (including phenoxy) is 2. The maximum Gasteiger partial charge on any atom is 1.00 e. The van der Waals surface area contributed by atoms with Crippen molar-refractivity contribution in [2.24, 2.45) is 4.99 Å². The molecule has 9 heteroatoms. The largest absolute Gasteiger partial charge is 1.00 e. The Hall–Kier alpha value is -1.07. The second kappa shape index (κ2) is 9.82. The van der Waals surface area contributed by atoms with Crippen molar-refractivity contribution in [2.45, 2.75) is 51.2 Å². The molecule has 0 saturated carbocycles. The van der Waals surface area contributed by atoms with Crippen molar-refractivity contribution in [3.05, 3.63) is 47.7 Å². The van der Waals surface area contributed by atoms with Crippen molar-refractivity contribution in [2.75, 3.05) is 6.61 Å². The van der Waals surface area contributed by atoms with Crippen molar-refractivity contribution in [1.29, 1.82) is 0 Å². The summed E-state index contributed by atoms with van der Waals surface area (Å²) in [6.07, 6.45) is 0.830. The van der Waals surface area contributed by atoms with E-state index in [1.54, 1.807) is 26.0 Å². The first kappa shape index (κ1) is 24.2. The molecule has 0 bridgehead atoms. The number of hydrogen-bond acceptors (Lipinski definition) is 6. The number of likely N-dealkylation sites (tertiary alicyclic amines) is 1. The van der Waals surface area contributed by atoms with Gasteiger partial charge in [-0.1, -0.05) is 36.4 Å². The van der Waals surface area contributed by atoms with E-state index < -0.39 is 41.7 Å². The van der Waals surface area contributed by atoms with Gasteiger partial charge < -0.3 is 19.7 Å². The number of carbonyl (C=O) groups excluding carboxylic acids is 1. The number of aliphatic imine (C=N–C) groups is 1. The molecule has 2 heterocycles. The summed E-state index contributed by atoms with van der Waals surface area (Å²) < 4.78 is 11.4. The van der Waals surface area contributed by atoms with Crippen molar-refractivity contribution < 1.29 is 80.7 Å². The molecule has 3 atom stereocenters. The number of nitrogens with zero attached hydrogens (tertiary/aromatic N) is 2. The van der Waals surface area contributed by atoms with Crippen LogP contribution in [0.2, 0.25) is 0 Å². The quantitative estimate of drug-likeness (QED) is 0.180. The molecular formula is C20H23KN2O6. The molecule has 0 radical (unpaired) electrons. The normalized spacial score (nSPS) is 26.7. The monoisotopic (exact) mass is 426 g/mol. The minimum Gasteiger partial charge on any atom is -0.862 e. The Morgan fingerprint density at radius 1 is 1.38 bits per heavy atom. The Labute approximate surface area is 212 Å². The summed E-state index contributed by atoms with van der Waals surface area (Å²) >= 11 is 0. The minimum absolute atomic E-state index is 0. The topological polar surface area (TPSA) is 111 Å². The second-order valence-corrected chi connectivity index (χ2v) is 7.18. The number of carboxylic acids is 1. The zero-order valence-corrected chi connectivity index (χ0v) is 20.1. The molecule has 1 N–H and O–H groups in total. The van der Waals surface area contributed by atoms with Gasteiger partial charge in [0, 0.05) is 6.42 Å². The maximum atomic E-state index is 12.7. The van der Waals surface area contributed by atoms with Crippen LogP contribution >= 0.6 is 0 Å². The average Bonchev–Trinajstić information content (AvgIpc) is 2.99. The molecular weight excluding hydrogens is 403 g/mol. The summed E-state index contributed by atoms with van der Waals surface area (Å²) in [6, 6.07) is 7.39. The van der Waals surface area contributed by atoms with Gasteiger partial charge in [-0.2, -0.15) is 0 Å². The summed E-state index contributed by atoms with van der Waals surface area (Å²) in [5, 5.41) is 21.8. The zero-order valence-electron chi connectivity index (χ0n) is 17.0. The third-order valence-electron chi connectivity index (χ3n) is 4.76. The molecule has 1 aromatic rings. The second-order valence-electron chi connectivity index (χ2n) is 7.18. The minimum atomic E-state index is -1.23. The standard InChI is InChI=1S/C20H24N2O6.K/c1-4-13(19(25)26)22-17(14-11-27-20(2,3)28-14)16(18(22)24)21-15(23)10-12-8-6-5-7-9-12;/h4-9,14,16-17H,10-11H2,1-3H3,(H,21,23)(H,25,26);/q;+1/p-1/b13-4-;/t14-,16-,17+;/m0./s1. The third kappa shape index (κ3) is 5.35. The number of amides is 1. The van der Waals surface area contributed by atoms with Crippen LogP contribution in [0.4, 0.5) is 0 Å². The van der Waals surface area contributed by atoms with Gasteiger partial charge in [0.1, 0.15) is 11.8 Å². The third-order valence-corrected chi connectivity index (χ3v) is 4.76. The molecule has 0 aliphatic carbocycles. The molecule has 2 aliphatic heterocycles. The number of carboxylic acid groups (broad SMARTS) is 1. The molecule has 0 unspecified atom stereocenters. The van der Waals surface area contributed by atoms with Crippen LogP contribution in [0.3, 0.4) is 0 Å². The molecule has 1 amide bonds. The van der Waals surface area contributed by atoms with Crippen LogP contribution < -0.4 is 56.5 Å². The van der Waals surface area contributed by atoms with Crippen molar-refractivity contribution in [1.82, 2.24) is 4.90 Å². The first-order valence-corrected chi connectivity index (χ1v) is 9.05. The number of benzene rings is 1. The fourth-order valence-electron chi connectivity index (χ4n) is 3.50. The van der Waals surface area contributed by atoms with Crippen LogP contribution in [0.25, 0.3) is 0 Å². The van der Waals surface area contributed by atoms with Gasteiger partial charge >= 0.3 is 57.4 Å². The van der Waals surface area contributed by atoms with Gasteiger partial charge in [-0.3, -0.25) is 14.7 Å². The Balaban J connectivity index is 0.00000300. The van der Waals surface area contributed by atoms with E-state index in [4.69, 9.17) is 9.47 Å². The van der Waals surface area contributed by atoms with Crippen LogP contribution in [0.15, 0.2) is 47.1 Å². The summed E-state index contributed by atoms with van der Waals surface area (Å²) in [6.45, 7) is 5.18. The number of carbonyl (C=O) groups is 2. The number of allylic oxidation sites excluding steroid dienone is 1. The van der Waals surface area contributed by atoms with Crippen LogP contribution in [0.1, 0.15) is 26.3 Å². The van der Waals surface area contributed by atoms with Gasteiger partial charge in [0.25, 0.3) is 5.91 Å². The smallest absolute Gasteiger partial charge is 0.862 e. The van der Waals surface area contributed by atoms with Crippen LogP contribution in [0, 0.1) is 0 Å². The molecule has 1 aromatic carbocycles. The molecule has 29 heavy (non-hydrogen) atoms. The summed E-state index contributed by atoms with van der Waals surface area (Å²) in [4.78, 5) is 29.4. The van der Waals surface area contributed by atoms with E-state index in [2.05, 4.69) is 4.99 Å². The summed E-state index contributed by atoms with van der Waals surface area (Å²) in [5.41, 5.74) is 0.628. The van der Waals surface area contributed by atoms with Gasteiger partial charge in [0.15, 0.2) is 11.8 Å². The van der Waals surface area contributed by atoms with Crippen LogP contribution in [0.5, 0.6) is 0 Å². The Kier molecular flexibility index (Phi) is 8.20. The fourth-order valence-corrected chi connectivity index (χ4v) is 3.50. The number of hydrogen-bond donors (Lipinski definition) is 1. The summed E-state index contributed by atoms with van der Waals surface area (Å²) in [7, 11) is 0. The van der Waals surface area contributed by atoms with E-state index in [1.807, 2.05) is 18.2 Å². The molecule has 2 saturated heterocycles. The Bertz CT molecular complexity index is 824. The van der Waals surface area contributed by atoms with Crippen molar-refractivity contribution in [3.63, 3.8) is 0 Å². The molecule has 8 nitrogen and oxygen atoms in total. The maximum absolute atomic E-state index is 12.7. The Morgan fingerprint density at radius 3 is 2.55 bits per heavy atom. The van der Waals surface area contributed by atoms with Gasteiger partial charge in [-0.25, -0.2) is 4.79 Å². The van der Waals surface area contributed by atoms with E-state index in [9.17, 15) is 19.8 Å². The SMILES string of the molecule is C/C=C(/C(=O)O)N1C(=O)[C@@H](N=C([O-])Cc2ccccc2)[C@H]1[C@@H]1COC(C)(C)O1.[K+]. The van der Waals surface area contributed by atoms with E-state index in [0.29, 0.717) is 0 Å². The molecule has 0 aromatic heterocycles. The predicted octanol–water partition coefficient (Wildman–Crippen LogP) is -2.29. The zero-order chi connectivity index (χ0) is 20.5. The first-order chi connectivity index (χ1) is 13.2. The molecule has 3 rings (SSSR count). The van der Waals surface area contributed by atoms with Crippen molar-refractivity contribution >= 4 is 17.8 Å².